The van der Waals surface area contributed by atoms with E-state index in [9.17, 15) is 9.59 Å². The van der Waals surface area contributed by atoms with Gasteiger partial charge in [0.2, 0.25) is 5.89 Å². The third-order valence-electron chi connectivity index (χ3n) is 6.27. The molecule has 4 aromatic heterocycles. The molecule has 1 aliphatic rings. The van der Waals surface area contributed by atoms with Gasteiger partial charge in [-0.05, 0) is 24.8 Å². The van der Waals surface area contributed by atoms with Crippen LogP contribution in [-0.2, 0) is 6.54 Å². The molecule has 0 aliphatic heterocycles. The number of oxazole rings is 1. The van der Waals surface area contributed by atoms with Crippen LogP contribution in [0.5, 0.6) is 0 Å². The van der Waals surface area contributed by atoms with E-state index in [2.05, 4.69) is 9.97 Å². The number of hydrogen-bond acceptors (Lipinski definition) is 6. The van der Waals surface area contributed by atoms with Crippen LogP contribution in [0.1, 0.15) is 25.7 Å². The maximum Gasteiger partial charge on any atom is 0.336 e. The van der Waals surface area contributed by atoms with E-state index in [-0.39, 0.29) is 11.2 Å². The molecule has 0 atom stereocenters. The van der Waals surface area contributed by atoms with E-state index in [1.54, 1.807) is 23.2 Å². The van der Waals surface area contributed by atoms with E-state index in [4.69, 9.17) is 4.42 Å². The number of pyridine rings is 1. The molecule has 32 heavy (non-hydrogen) atoms. The maximum absolute atomic E-state index is 13.8. The summed E-state index contributed by atoms with van der Waals surface area (Å²) in [5.41, 5.74) is 0.485. The number of benzene rings is 1. The predicted octanol–water partition coefficient (Wildman–Crippen LogP) is 4.61. The van der Waals surface area contributed by atoms with Crippen molar-refractivity contribution in [2.75, 3.05) is 0 Å². The zero-order chi connectivity index (χ0) is 21.7. The number of thiophene rings is 1. The van der Waals surface area contributed by atoms with Gasteiger partial charge in [-0.25, -0.2) is 14.3 Å². The third kappa shape index (κ3) is 3.02. The molecule has 8 heteroatoms. The largest absolute Gasteiger partial charge is 0.444 e. The van der Waals surface area contributed by atoms with E-state index in [1.165, 1.54) is 35.0 Å². The van der Waals surface area contributed by atoms with Crippen molar-refractivity contribution in [3.63, 3.8) is 0 Å². The Balaban J connectivity index is 1.66. The topological polar surface area (TPSA) is 82.9 Å². The van der Waals surface area contributed by atoms with Gasteiger partial charge >= 0.3 is 5.69 Å². The number of nitrogens with zero attached hydrogens (tertiary/aromatic N) is 4. The van der Waals surface area contributed by atoms with Crippen LogP contribution >= 0.6 is 11.3 Å². The summed E-state index contributed by atoms with van der Waals surface area (Å²) in [6, 6.07) is 9.52. The van der Waals surface area contributed by atoms with Crippen LogP contribution in [0, 0.1) is 5.92 Å². The average molecular weight is 445 g/mol. The fourth-order valence-electron chi connectivity index (χ4n) is 4.72. The minimum Gasteiger partial charge on any atom is -0.444 e. The van der Waals surface area contributed by atoms with Crippen molar-refractivity contribution in [1.82, 2.24) is 19.1 Å². The molecule has 160 valence electrons. The Morgan fingerprint density at radius 2 is 1.97 bits per heavy atom. The van der Waals surface area contributed by atoms with Crippen molar-refractivity contribution in [1.29, 1.82) is 0 Å². The lowest BCUT2D eigenvalue weighted by molar-refractivity contribution is 0.449. The molecule has 0 unspecified atom stereocenters. The van der Waals surface area contributed by atoms with Gasteiger partial charge in [0.25, 0.3) is 5.56 Å². The Morgan fingerprint density at radius 1 is 1.12 bits per heavy atom. The maximum atomic E-state index is 13.8. The first-order valence-electron chi connectivity index (χ1n) is 10.7. The molecule has 1 aliphatic carbocycles. The molecular formula is C24H20N4O3S. The second-order valence-electron chi connectivity index (χ2n) is 8.23. The molecule has 0 amide bonds. The predicted molar refractivity (Wildman–Crippen MR) is 124 cm³/mol. The van der Waals surface area contributed by atoms with Gasteiger partial charge in [0, 0.05) is 23.5 Å². The first kappa shape index (κ1) is 19.2. The van der Waals surface area contributed by atoms with Crippen molar-refractivity contribution in [2.45, 2.75) is 32.2 Å². The second-order valence-corrected chi connectivity index (χ2v) is 9.28. The Hall–Kier alpha value is -3.52. The van der Waals surface area contributed by atoms with Gasteiger partial charge in [-0.2, -0.15) is 0 Å². The van der Waals surface area contributed by atoms with Gasteiger partial charge < -0.3 is 4.42 Å². The summed E-state index contributed by atoms with van der Waals surface area (Å²) in [5, 5.41) is 1.70. The molecule has 4 heterocycles. The van der Waals surface area contributed by atoms with Crippen molar-refractivity contribution < 1.29 is 4.42 Å². The Morgan fingerprint density at radius 3 is 2.78 bits per heavy atom. The van der Waals surface area contributed by atoms with Gasteiger partial charge in [-0.3, -0.25) is 14.3 Å². The van der Waals surface area contributed by atoms with Gasteiger partial charge in [-0.15, -0.1) is 11.3 Å². The number of fused-ring (bicyclic) bond motifs is 2. The molecule has 0 bridgehead atoms. The summed E-state index contributed by atoms with van der Waals surface area (Å²) < 4.78 is 9.02. The van der Waals surface area contributed by atoms with E-state index >= 15 is 0 Å². The summed E-state index contributed by atoms with van der Waals surface area (Å²) >= 11 is 1.31. The highest BCUT2D eigenvalue weighted by atomic mass is 32.1. The molecule has 1 fully saturated rings. The van der Waals surface area contributed by atoms with Crippen molar-refractivity contribution >= 4 is 32.3 Å². The highest BCUT2D eigenvalue weighted by molar-refractivity contribution is 7.22. The molecule has 1 saturated carbocycles. The second kappa shape index (κ2) is 7.56. The van der Waals surface area contributed by atoms with E-state index in [0.29, 0.717) is 34.3 Å². The molecule has 1 aromatic carbocycles. The standard InChI is InChI=1S/C24H20N4O3S/c29-23-21-18(11-20(32-21)22-26-9-10-31-22)27(14-15-5-1-2-6-15)24(30)28(23)19-13-25-12-16-7-3-4-8-17(16)19/h3-4,7-13,15H,1-2,5-6,14H2. The van der Waals surface area contributed by atoms with Crippen LogP contribution in [0.4, 0.5) is 0 Å². The van der Waals surface area contributed by atoms with Crippen LogP contribution in [0.2, 0.25) is 0 Å². The molecule has 0 radical (unpaired) electrons. The fourth-order valence-corrected chi connectivity index (χ4v) is 5.75. The van der Waals surface area contributed by atoms with Crippen molar-refractivity contribution in [2.24, 2.45) is 5.92 Å². The monoisotopic (exact) mass is 444 g/mol. The first-order valence-corrected chi connectivity index (χ1v) is 11.5. The molecule has 0 spiro atoms. The highest BCUT2D eigenvalue weighted by Crippen LogP contribution is 2.32. The van der Waals surface area contributed by atoms with Crippen molar-refractivity contribution in [3.05, 3.63) is 76.0 Å². The normalized spacial score (nSPS) is 14.6. The lowest BCUT2D eigenvalue weighted by atomic mass is 10.1. The molecule has 0 N–H and O–H groups in total. The Bertz CT molecular complexity index is 1550. The quantitative estimate of drug-likeness (QED) is 0.404. The smallest absolute Gasteiger partial charge is 0.336 e. The zero-order valence-corrected chi connectivity index (χ0v) is 18.0. The van der Waals surface area contributed by atoms with E-state index < -0.39 is 0 Å². The minimum absolute atomic E-state index is 0.329. The van der Waals surface area contributed by atoms with Crippen LogP contribution in [0.25, 0.3) is 37.4 Å². The van der Waals surface area contributed by atoms with Gasteiger partial charge in [0.1, 0.15) is 11.0 Å². The lowest BCUT2D eigenvalue weighted by Gasteiger charge is -2.16. The molecule has 5 aromatic rings. The van der Waals surface area contributed by atoms with Gasteiger partial charge in [0.05, 0.1) is 28.5 Å². The average Bonchev–Trinajstić information content (AvgIpc) is 3.58. The molecule has 7 nitrogen and oxygen atoms in total. The van der Waals surface area contributed by atoms with Crippen LogP contribution in [-0.4, -0.2) is 19.1 Å². The number of rotatable bonds is 4. The van der Waals surface area contributed by atoms with Gasteiger partial charge in [0.15, 0.2) is 0 Å². The summed E-state index contributed by atoms with van der Waals surface area (Å²) in [7, 11) is 0. The first-order chi connectivity index (χ1) is 15.7. The third-order valence-corrected chi connectivity index (χ3v) is 7.37. The lowest BCUT2D eigenvalue weighted by Crippen LogP contribution is -2.39. The minimum atomic E-state index is -0.339. The summed E-state index contributed by atoms with van der Waals surface area (Å²) in [4.78, 5) is 36.7. The summed E-state index contributed by atoms with van der Waals surface area (Å²) in [5.74, 6) is 0.876. The van der Waals surface area contributed by atoms with E-state index in [1.807, 2.05) is 30.3 Å². The van der Waals surface area contributed by atoms with Gasteiger partial charge in [-0.1, -0.05) is 37.1 Å². The van der Waals surface area contributed by atoms with Crippen LogP contribution in [0.15, 0.2) is 69.2 Å². The Kier molecular flexibility index (Phi) is 4.53. The molecule has 6 rings (SSSR count). The Labute approximate surface area is 186 Å². The molecule has 0 saturated heterocycles. The fraction of sp³-hybridized carbons (Fsp3) is 0.250. The van der Waals surface area contributed by atoms with Crippen LogP contribution in [0.3, 0.4) is 0 Å². The molecular weight excluding hydrogens is 424 g/mol. The summed E-state index contributed by atoms with van der Waals surface area (Å²) in [6.07, 6.45) is 11.0. The summed E-state index contributed by atoms with van der Waals surface area (Å²) in [6.45, 7) is 0.593. The number of hydrogen-bond donors (Lipinski definition) is 0. The SMILES string of the molecule is O=c1c2sc(-c3ncco3)cc2n(CC2CCCC2)c(=O)n1-c1cncc2ccccc12. The van der Waals surface area contributed by atoms with E-state index in [0.717, 1.165) is 28.5 Å². The number of aromatic nitrogens is 4. The van der Waals surface area contributed by atoms with Crippen LogP contribution < -0.4 is 11.2 Å². The zero-order valence-electron chi connectivity index (χ0n) is 17.2. The highest BCUT2D eigenvalue weighted by Gasteiger charge is 2.23. The van der Waals surface area contributed by atoms with Crippen molar-refractivity contribution in [3.8, 4) is 16.5 Å².